The van der Waals surface area contributed by atoms with Crippen molar-refractivity contribution in [2.45, 2.75) is 51.2 Å². The number of anilines is 1. The van der Waals surface area contributed by atoms with Crippen molar-refractivity contribution in [1.82, 2.24) is 15.0 Å². The van der Waals surface area contributed by atoms with Gasteiger partial charge in [0.25, 0.3) is 10.0 Å². The maximum Gasteiger partial charge on any atom is 0.261 e. The number of likely N-dealkylation sites (tertiary alicyclic amines) is 1. The zero-order valence-electron chi connectivity index (χ0n) is 21.8. The molecule has 0 bridgehead atoms. The Hall–Kier alpha value is -3.69. The number of ether oxygens (including phenoxy) is 1. The molecule has 38 heavy (non-hydrogen) atoms. The van der Waals surface area contributed by atoms with E-state index in [1.807, 2.05) is 39.0 Å². The molecule has 0 spiro atoms. The minimum Gasteiger partial charge on any atom is -0.489 e. The number of rotatable bonds is 9. The lowest BCUT2D eigenvalue weighted by molar-refractivity contribution is 0.301. The van der Waals surface area contributed by atoms with Crippen LogP contribution in [0.15, 0.2) is 76.1 Å². The summed E-state index contributed by atoms with van der Waals surface area (Å²) in [6.45, 7) is 8.71. The van der Waals surface area contributed by atoms with Gasteiger partial charge >= 0.3 is 0 Å². The second kappa shape index (κ2) is 11.0. The van der Waals surface area contributed by atoms with Gasteiger partial charge in [-0.25, -0.2) is 8.42 Å². The summed E-state index contributed by atoms with van der Waals surface area (Å²) in [5.74, 6) is 1.60. The SMILES string of the molecule is Cc1nc(C2CCN(Cc3ccccc3)C2)ccc1NS(=O)(=O)c1ccc(OCc2c(C)noc2C)cc1. The molecule has 2 aromatic carbocycles. The number of hydrogen-bond acceptors (Lipinski definition) is 7. The quantitative estimate of drug-likeness (QED) is 0.310. The lowest BCUT2D eigenvalue weighted by Gasteiger charge is -2.17. The number of nitrogens with one attached hydrogen (secondary N) is 1. The molecule has 5 rings (SSSR count). The highest BCUT2D eigenvalue weighted by Gasteiger charge is 2.25. The zero-order chi connectivity index (χ0) is 26.7. The van der Waals surface area contributed by atoms with Crippen molar-refractivity contribution in [1.29, 1.82) is 0 Å². The minimum absolute atomic E-state index is 0.151. The van der Waals surface area contributed by atoms with E-state index in [0.717, 1.165) is 43.0 Å². The van der Waals surface area contributed by atoms with Crippen molar-refractivity contribution >= 4 is 15.7 Å². The van der Waals surface area contributed by atoms with Gasteiger partial charge in [0.05, 0.1) is 27.5 Å². The summed E-state index contributed by atoms with van der Waals surface area (Å²) >= 11 is 0. The van der Waals surface area contributed by atoms with Crippen LogP contribution in [-0.4, -0.2) is 36.5 Å². The van der Waals surface area contributed by atoms with Crippen LogP contribution in [0.2, 0.25) is 0 Å². The minimum atomic E-state index is -3.78. The lowest BCUT2D eigenvalue weighted by Crippen LogP contribution is -2.20. The molecule has 3 heterocycles. The molecule has 1 fully saturated rings. The van der Waals surface area contributed by atoms with E-state index in [1.165, 1.54) is 17.7 Å². The normalized spacial score (nSPS) is 16.0. The molecule has 1 unspecified atom stereocenters. The van der Waals surface area contributed by atoms with Crippen molar-refractivity contribution in [3.63, 3.8) is 0 Å². The lowest BCUT2D eigenvalue weighted by atomic mass is 10.0. The van der Waals surface area contributed by atoms with Gasteiger partial charge < -0.3 is 9.26 Å². The molecule has 1 aliphatic rings. The Kier molecular flexibility index (Phi) is 7.49. The number of sulfonamides is 1. The molecule has 1 aliphatic heterocycles. The van der Waals surface area contributed by atoms with Crippen LogP contribution in [0.3, 0.4) is 0 Å². The number of pyridine rings is 1. The van der Waals surface area contributed by atoms with Gasteiger partial charge in [-0.2, -0.15) is 0 Å². The summed E-state index contributed by atoms with van der Waals surface area (Å²) < 4.78 is 39.7. The van der Waals surface area contributed by atoms with Crippen LogP contribution in [0.1, 0.15) is 46.3 Å². The Labute approximate surface area is 223 Å². The molecule has 0 radical (unpaired) electrons. The van der Waals surface area contributed by atoms with E-state index >= 15 is 0 Å². The molecular formula is C29H32N4O4S. The summed E-state index contributed by atoms with van der Waals surface area (Å²) in [5.41, 5.74) is 5.11. The molecular weight excluding hydrogens is 500 g/mol. The highest BCUT2D eigenvalue weighted by atomic mass is 32.2. The van der Waals surface area contributed by atoms with Crippen LogP contribution in [0, 0.1) is 20.8 Å². The summed E-state index contributed by atoms with van der Waals surface area (Å²) in [5, 5.41) is 3.92. The average molecular weight is 533 g/mol. The fraction of sp³-hybridized carbons (Fsp3) is 0.310. The predicted molar refractivity (Wildman–Crippen MR) is 146 cm³/mol. The molecule has 8 nitrogen and oxygen atoms in total. The van der Waals surface area contributed by atoms with Crippen LogP contribution < -0.4 is 9.46 Å². The second-order valence-corrected chi connectivity index (χ2v) is 11.4. The predicted octanol–water partition coefficient (Wildman–Crippen LogP) is 5.36. The fourth-order valence-corrected chi connectivity index (χ4v) is 5.87. The molecule has 0 aliphatic carbocycles. The summed E-state index contributed by atoms with van der Waals surface area (Å²) in [7, 11) is -3.78. The Balaban J connectivity index is 1.20. The Morgan fingerprint density at radius 2 is 1.76 bits per heavy atom. The molecule has 198 valence electrons. The molecule has 1 saturated heterocycles. The number of aromatic nitrogens is 2. The van der Waals surface area contributed by atoms with Gasteiger partial charge in [-0.3, -0.25) is 14.6 Å². The Bertz CT molecular complexity index is 1480. The largest absolute Gasteiger partial charge is 0.489 e. The second-order valence-electron chi connectivity index (χ2n) is 9.74. The van der Waals surface area contributed by atoms with Crippen molar-refractivity contribution in [2.24, 2.45) is 0 Å². The first kappa shape index (κ1) is 25.9. The zero-order valence-corrected chi connectivity index (χ0v) is 22.7. The molecule has 0 saturated carbocycles. The standard InChI is InChI=1S/C29H32N4O4S/c1-20-27(22(3)37-31-20)19-36-25-9-11-26(12-10-25)38(34,35)32-28-13-14-29(30-21(28)2)24-15-16-33(18-24)17-23-7-5-4-6-8-23/h4-14,24,32H,15-19H2,1-3H3. The molecule has 9 heteroatoms. The third-order valence-corrected chi connectivity index (χ3v) is 8.37. The van der Waals surface area contributed by atoms with Crippen LogP contribution in [-0.2, 0) is 23.2 Å². The van der Waals surface area contributed by atoms with E-state index in [-0.39, 0.29) is 4.90 Å². The van der Waals surface area contributed by atoms with Crippen molar-refractivity contribution in [3.8, 4) is 5.75 Å². The van der Waals surface area contributed by atoms with E-state index < -0.39 is 10.0 Å². The number of benzene rings is 2. The van der Waals surface area contributed by atoms with Gasteiger partial charge in [-0.05, 0) is 75.7 Å². The van der Waals surface area contributed by atoms with Gasteiger partial charge in [0.1, 0.15) is 18.1 Å². The van der Waals surface area contributed by atoms with Crippen molar-refractivity contribution < 1.29 is 17.7 Å². The molecule has 1 atom stereocenters. The maximum atomic E-state index is 13.0. The van der Waals surface area contributed by atoms with Crippen LogP contribution in [0.5, 0.6) is 5.75 Å². The molecule has 1 N–H and O–H groups in total. The van der Waals surface area contributed by atoms with E-state index in [1.54, 1.807) is 12.1 Å². The van der Waals surface area contributed by atoms with Crippen LogP contribution in [0.4, 0.5) is 5.69 Å². The monoisotopic (exact) mass is 532 g/mol. The number of nitrogens with zero attached hydrogens (tertiary/aromatic N) is 3. The molecule has 2 aromatic heterocycles. The van der Waals surface area contributed by atoms with Gasteiger partial charge in [0, 0.05) is 24.7 Å². The Morgan fingerprint density at radius 1 is 1.00 bits per heavy atom. The highest BCUT2D eigenvalue weighted by molar-refractivity contribution is 7.92. The summed E-state index contributed by atoms with van der Waals surface area (Å²) in [4.78, 5) is 7.36. The van der Waals surface area contributed by atoms with Crippen LogP contribution >= 0.6 is 0 Å². The van der Waals surface area contributed by atoms with Gasteiger partial charge in [-0.15, -0.1) is 0 Å². The van der Waals surface area contributed by atoms with Gasteiger partial charge in [-0.1, -0.05) is 35.5 Å². The topological polar surface area (TPSA) is 97.6 Å². The van der Waals surface area contributed by atoms with Crippen molar-refractivity contribution in [2.75, 3.05) is 17.8 Å². The molecule has 0 amide bonds. The third kappa shape index (κ3) is 5.89. The van der Waals surface area contributed by atoms with E-state index in [4.69, 9.17) is 14.2 Å². The van der Waals surface area contributed by atoms with Crippen molar-refractivity contribution in [3.05, 3.63) is 101 Å². The third-order valence-electron chi connectivity index (χ3n) is 6.99. The van der Waals surface area contributed by atoms with Gasteiger partial charge in [0.15, 0.2) is 0 Å². The van der Waals surface area contributed by atoms with E-state index in [2.05, 4.69) is 39.0 Å². The number of hydrogen-bond donors (Lipinski definition) is 1. The van der Waals surface area contributed by atoms with Gasteiger partial charge in [0.2, 0.25) is 0 Å². The van der Waals surface area contributed by atoms with E-state index in [0.29, 0.717) is 35.4 Å². The first-order chi connectivity index (χ1) is 18.3. The first-order valence-electron chi connectivity index (χ1n) is 12.7. The van der Waals surface area contributed by atoms with Crippen LogP contribution in [0.25, 0.3) is 0 Å². The smallest absolute Gasteiger partial charge is 0.261 e. The summed E-state index contributed by atoms with van der Waals surface area (Å²) in [6.07, 6.45) is 1.04. The first-order valence-corrected chi connectivity index (χ1v) is 14.2. The van der Waals surface area contributed by atoms with E-state index in [9.17, 15) is 8.42 Å². The highest BCUT2D eigenvalue weighted by Crippen LogP contribution is 2.29. The molecule has 4 aromatic rings. The summed E-state index contributed by atoms with van der Waals surface area (Å²) in [6, 6.07) is 20.6. The fourth-order valence-electron chi connectivity index (χ4n) is 4.76. The average Bonchev–Trinajstić information content (AvgIpc) is 3.50. The Morgan fingerprint density at radius 3 is 2.45 bits per heavy atom. The number of aryl methyl sites for hydroxylation is 3. The maximum absolute atomic E-state index is 13.0.